The molecule has 0 radical (unpaired) electrons. The highest BCUT2D eigenvalue weighted by Gasteiger charge is 2.38. The lowest BCUT2D eigenvalue weighted by molar-refractivity contribution is -0.129. The second-order valence-corrected chi connectivity index (χ2v) is 6.42. The number of pyridine rings is 1. The van der Waals surface area contributed by atoms with Crippen molar-refractivity contribution in [3.63, 3.8) is 0 Å². The van der Waals surface area contributed by atoms with Crippen molar-refractivity contribution in [1.82, 2.24) is 19.8 Å². The van der Waals surface area contributed by atoms with Crippen molar-refractivity contribution in [2.24, 2.45) is 0 Å². The van der Waals surface area contributed by atoms with E-state index in [2.05, 4.69) is 22.1 Å². The van der Waals surface area contributed by atoms with Gasteiger partial charge in [0.1, 0.15) is 0 Å². The molecule has 25 heavy (non-hydrogen) atoms. The van der Waals surface area contributed by atoms with E-state index in [1.165, 1.54) is 9.47 Å². The summed E-state index contributed by atoms with van der Waals surface area (Å²) in [6.45, 7) is 3.52. The minimum absolute atomic E-state index is 0.00564. The molecule has 7 heteroatoms. The summed E-state index contributed by atoms with van der Waals surface area (Å²) in [7, 11) is 1.54. The third-order valence-corrected chi connectivity index (χ3v) is 4.29. The number of carbonyl (C=O) groups excluding carboxylic acids is 2. The maximum atomic E-state index is 12.8. The number of guanidine groups is 1. The van der Waals surface area contributed by atoms with Crippen molar-refractivity contribution in [3.8, 4) is 11.8 Å². The van der Waals surface area contributed by atoms with Gasteiger partial charge in [-0.15, -0.1) is 5.92 Å². The predicted molar refractivity (Wildman–Crippen MR) is 94.2 cm³/mol. The van der Waals surface area contributed by atoms with Gasteiger partial charge in [0.2, 0.25) is 11.8 Å². The quantitative estimate of drug-likeness (QED) is 0.814. The number of amides is 1. The summed E-state index contributed by atoms with van der Waals surface area (Å²) in [5.41, 5.74) is 1.34. The van der Waals surface area contributed by atoms with Crippen molar-refractivity contribution >= 4 is 28.8 Å². The molecule has 1 atom stereocenters. The summed E-state index contributed by atoms with van der Waals surface area (Å²) < 4.78 is 1.53. The Bertz CT molecular complexity index is 929. The summed E-state index contributed by atoms with van der Waals surface area (Å²) in [4.78, 5) is 30.4. The van der Waals surface area contributed by atoms with Gasteiger partial charge >= 0.3 is 0 Å². The van der Waals surface area contributed by atoms with Gasteiger partial charge in [0.05, 0.1) is 29.4 Å². The largest absolute Gasteiger partial charge is 0.350 e. The number of hydrogen-bond donors (Lipinski definition) is 2. The highest BCUT2D eigenvalue weighted by atomic mass is 16.2. The van der Waals surface area contributed by atoms with Gasteiger partial charge in [0.15, 0.2) is 5.96 Å². The van der Waals surface area contributed by atoms with Crippen LogP contribution < -0.4 is 5.32 Å². The van der Waals surface area contributed by atoms with E-state index in [0.717, 1.165) is 5.56 Å². The summed E-state index contributed by atoms with van der Waals surface area (Å²) >= 11 is 0. The van der Waals surface area contributed by atoms with Crippen LogP contribution in [0.2, 0.25) is 0 Å². The minimum atomic E-state index is -0.789. The Balaban J connectivity index is 1.89. The Kier molecular flexibility index (Phi) is 4.05. The van der Waals surface area contributed by atoms with Gasteiger partial charge in [-0.2, -0.15) is 0 Å². The highest BCUT2D eigenvalue weighted by Crippen LogP contribution is 2.23. The lowest BCUT2D eigenvalue weighted by Gasteiger charge is -2.38. The van der Waals surface area contributed by atoms with Crippen LogP contribution in [0.25, 0.3) is 11.0 Å². The van der Waals surface area contributed by atoms with E-state index < -0.39 is 5.54 Å². The van der Waals surface area contributed by atoms with Crippen molar-refractivity contribution in [2.45, 2.75) is 32.2 Å². The molecule has 2 aromatic rings. The zero-order valence-electron chi connectivity index (χ0n) is 14.4. The molecular formula is C18H19N5O2. The number of nitrogens with zero attached hydrogens (tertiary/aromatic N) is 3. The maximum absolute atomic E-state index is 12.8. The molecule has 1 fully saturated rings. The summed E-state index contributed by atoms with van der Waals surface area (Å²) in [5, 5.41) is 10.8. The third kappa shape index (κ3) is 3.11. The van der Waals surface area contributed by atoms with E-state index in [0.29, 0.717) is 11.0 Å². The fourth-order valence-electron chi connectivity index (χ4n) is 2.96. The predicted octanol–water partition coefficient (Wildman–Crippen LogP) is 1.58. The fraction of sp³-hybridized carbons (Fsp3) is 0.333. The standard InChI is InChI=1S/C18H19N5O2/c1-4-5-12-8-14-13(20-11-12)6-7-23(14)16(25)10-18(2)9-15(24)22(3)17(19)21-18/h6-8,11H,9-10H2,1-3H3,(H2,19,21). The zero-order valence-corrected chi connectivity index (χ0v) is 14.4. The Labute approximate surface area is 145 Å². The van der Waals surface area contributed by atoms with Gasteiger partial charge in [-0.1, -0.05) is 5.92 Å². The molecule has 3 heterocycles. The highest BCUT2D eigenvalue weighted by molar-refractivity contribution is 6.00. The van der Waals surface area contributed by atoms with Gasteiger partial charge < -0.3 is 5.32 Å². The van der Waals surface area contributed by atoms with Crippen molar-refractivity contribution in [3.05, 3.63) is 30.1 Å². The van der Waals surface area contributed by atoms with Crippen molar-refractivity contribution in [1.29, 1.82) is 5.41 Å². The number of fused-ring (bicyclic) bond motifs is 1. The summed E-state index contributed by atoms with van der Waals surface area (Å²) in [6, 6.07) is 3.60. The molecule has 1 aliphatic heterocycles. The molecule has 0 bridgehead atoms. The number of carbonyl (C=O) groups is 2. The molecule has 1 saturated heterocycles. The molecule has 3 rings (SSSR count). The molecular weight excluding hydrogens is 318 g/mol. The first-order valence-corrected chi connectivity index (χ1v) is 7.89. The molecule has 7 nitrogen and oxygen atoms in total. The Morgan fingerprint density at radius 3 is 2.96 bits per heavy atom. The lowest BCUT2D eigenvalue weighted by Crippen LogP contribution is -2.60. The van der Waals surface area contributed by atoms with Crippen LogP contribution >= 0.6 is 0 Å². The van der Waals surface area contributed by atoms with E-state index in [1.54, 1.807) is 39.4 Å². The van der Waals surface area contributed by atoms with Crippen LogP contribution in [0.5, 0.6) is 0 Å². The van der Waals surface area contributed by atoms with Gasteiger partial charge in [0.25, 0.3) is 0 Å². The minimum Gasteiger partial charge on any atom is -0.350 e. The van der Waals surface area contributed by atoms with Crippen LogP contribution in [0.1, 0.15) is 37.0 Å². The molecule has 2 N–H and O–H groups in total. The Morgan fingerprint density at radius 1 is 1.52 bits per heavy atom. The topological polar surface area (TPSA) is 91.1 Å². The fourth-order valence-corrected chi connectivity index (χ4v) is 2.96. The second-order valence-electron chi connectivity index (χ2n) is 6.42. The van der Waals surface area contributed by atoms with E-state index in [4.69, 9.17) is 5.41 Å². The number of nitrogens with one attached hydrogen (secondary N) is 2. The van der Waals surface area contributed by atoms with Crippen LogP contribution in [-0.4, -0.2) is 44.8 Å². The zero-order chi connectivity index (χ0) is 18.2. The molecule has 128 valence electrons. The molecule has 1 aliphatic rings. The maximum Gasteiger partial charge on any atom is 0.233 e. The third-order valence-electron chi connectivity index (χ3n) is 4.29. The Morgan fingerprint density at radius 2 is 2.28 bits per heavy atom. The van der Waals surface area contributed by atoms with E-state index in [1.807, 2.05) is 6.07 Å². The number of hydrogen-bond acceptors (Lipinski definition) is 4. The van der Waals surface area contributed by atoms with Crippen LogP contribution in [0.4, 0.5) is 0 Å². The number of aromatic nitrogens is 2. The lowest BCUT2D eigenvalue weighted by atomic mass is 9.90. The Hall–Kier alpha value is -3.14. The van der Waals surface area contributed by atoms with Crippen LogP contribution in [0.15, 0.2) is 24.5 Å². The molecule has 2 aromatic heterocycles. The molecule has 0 spiro atoms. The SMILES string of the molecule is CC#Cc1cnc2ccn(C(=O)CC3(C)CC(=O)N(C)C(=N)N3)c2c1. The average molecular weight is 337 g/mol. The van der Waals surface area contributed by atoms with Crippen LogP contribution in [0.3, 0.4) is 0 Å². The summed E-state index contributed by atoms with van der Waals surface area (Å²) in [6.07, 6.45) is 3.59. The van der Waals surface area contributed by atoms with Gasteiger partial charge in [-0.3, -0.25) is 29.4 Å². The molecule has 1 unspecified atom stereocenters. The normalized spacial score (nSPS) is 20.2. The second kappa shape index (κ2) is 6.06. The van der Waals surface area contributed by atoms with E-state index >= 15 is 0 Å². The van der Waals surface area contributed by atoms with Crippen molar-refractivity contribution in [2.75, 3.05) is 7.05 Å². The van der Waals surface area contributed by atoms with Gasteiger partial charge in [-0.05, 0) is 26.0 Å². The van der Waals surface area contributed by atoms with Gasteiger partial charge in [0, 0.05) is 25.0 Å². The summed E-state index contributed by atoms with van der Waals surface area (Å²) in [5.74, 6) is 5.40. The smallest absolute Gasteiger partial charge is 0.233 e. The molecule has 0 aromatic carbocycles. The van der Waals surface area contributed by atoms with Gasteiger partial charge in [-0.25, -0.2) is 0 Å². The average Bonchev–Trinajstić information content (AvgIpc) is 2.96. The van der Waals surface area contributed by atoms with E-state index in [9.17, 15) is 9.59 Å². The first-order valence-electron chi connectivity index (χ1n) is 7.89. The molecule has 0 saturated carbocycles. The monoisotopic (exact) mass is 337 g/mol. The first kappa shape index (κ1) is 16.7. The van der Waals surface area contributed by atoms with Crippen molar-refractivity contribution < 1.29 is 9.59 Å². The molecule has 1 amide bonds. The van der Waals surface area contributed by atoms with Crippen LogP contribution in [0, 0.1) is 17.3 Å². The van der Waals surface area contributed by atoms with Crippen LogP contribution in [-0.2, 0) is 4.79 Å². The van der Waals surface area contributed by atoms with E-state index in [-0.39, 0.29) is 30.6 Å². The first-order chi connectivity index (χ1) is 11.8. The molecule has 0 aliphatic carbocycles. The number of rotatable bonds is 2.